The van der Waals surface area contributed by atoms with Gasteiger partial charge in [0.1, 0.15) is 5.37 Å². The van der Waals surface area contributed by atoms with E-state index in [1.807, 2.05) is 30.1 Å². The van der Waals surface area contributed by atoms with E-state index in [9.17, 15) is 13.5 Å². The van der Waals surface area contributed by atoms with Crippen LogP contribution < -0.4 is 0 Å². The van der Waals surface area contributed by atoms with Gasteiger partial charge in [0.05, 0.1) is 22.3 Å². The van der Waals surface area contributed by atoms with E-state index < -0.39 is 15.2 Å². The number of benzene rings is 1. The van der Waals surface area contributed by atoms with E-state index in [-0.39, 0.29) is 10.8 Å². The molecule has 0 saturated carbocycles. The maximum absolute atomic E-state index is 13.4. The third-order valence-corrected chi connectivity index (χ3v) is 8.26. The van der Waals surface area contributed by atoms with E-state index in [0.29, 0.717) is 30.1 Å². The standard InChI is InChI=1S/C24H25N5O4S/c1-3-22(29-10-8-28(2)9-11-29)34(31,32)17-5-7-20(26-13-17)23-18-12-16(21-14-25-15-33-21)4-6-19(18)27-24(23)30/h3-7,12-15,22,27,30H,1,8-11H2,2H3. The molecular weight excluding hydrogens is 454 g/mol. The first kappa shape index (κ1) is 22.3. The Morgan fingerprint density at radius 2 is 1.97 bits per heavy atom. The van der Waals surface area contributed by atoms with Gasteiger partial charge >= 0.3 is 0 Å². The average Bonchev–Trinajstić information content (AvgIpc) is 3.48. The molecule has 1 aliphatic rings. The molecule has 4 heterocycles. The van der Waals surface area contributed by atoms with Gasteiger partial charge in [-0.1, -0.05) is 6.08 Å². The van der Waals surface area contributed by atoms with Crippen LogP contribution in [0.25, 0.3) is 33.5 Å². The van der Waals surface area contributed by atoms with E-state index in [2.05, 4.69) is 26.4 Å². The molecule has 34 heavy (non-hydrogen) atoms. The largest absolute Gasteiger partial charge is 0.494 e. The summed E-state index contributed by atoms with van der Waals surface area (Å²) in [6.45, 7) is 6.67. The second-order valence-electron chi connectivity index (χ2n) is 8.36. The molecule has 1 aromatic carbocycles. The zero-order chi connectivity index (χ0) is 23.9. The van der Waals surface area contributed by atoms with Gasteiger partial charge in [-0.05, 0) is 37.4 Å². The quantitative estimate of drug-likeness (QED) is 0.405. The second kappa shape index (κ2) is 8.71. The highest BCUT2D eigenvalue weighted by molar-refractivity contribution is 7.92. The van der Waals surface area contributed by atoms with Crippen LogP contribution in [-0.4, -0.2) is 76.9 Å². The predicted molar refractivity (Wildman–Crippen MR) is 129 cm³/mol. The van der Waals surface area contributed by atoms with Crippen molar-refractivity contribution < 1.29 is 17.9 Å². The number of piperazine rings is 1. The zero-order valence-electron chi connectivity index (χ0n) is 18.7. The maximum Gasteiger partial charge on any atom is 0.199 e. The van der Waals surface area contributed by atoms with Gasteiger partial charge < -0.3 is 19.4 Å². The van der Waals surface area contributed by atoms with Gasteiger partial charge in [0.2, 0.25) is 0 Å². The number of pyridine rings is 1. The first-order chi connectivity index (χ1) is 16.4. The lowest BCUT2D eigenvalue weighted by molar-refractivity contribution is 0.154. The van der Waals surface area contributed by atoms with Crippen molar-refractivity contribution in [3.63, 3.8) is 0 Å². The summed E-state index contributed by atoms with van der Waals surface area (Å²) in [5.41, 5.74) is 2.45. The van der Waals surface area contributed by atoms with Gasteiger partial charge in [-0.15, -0.1) is 6.58 Å². The minimum absolute atomic E-state index is 0.0470. The number of likely N-dealkylation sites (N-methyl/N-ethyl adjacent to an activating group) is 1. The van der Waals surface area contributed by atoms with Crippen molar-refractivity contribution in [3.05, 3.63) is 61.8 Å². The molecule has 0 radical (unpaired) electrons. The van der Waals surface area contributed by atoms with Crippen molar-refractivity contribution in [2.24, 2.45) is 0 Å². The Kier molecular flexibility index (Phi) is 5.72. The summed E-state index contributed by atoms with van der Waals surface area (Å²) in [5.74, 6) is 0.552. The predicted octanol–water partition coefficient (Wildman–Crippen LogP) is 3.12. The van der Waals surface area contributed by atoms with Crippen LogP contribution in [0.2, 0.25) is 0 Å². The molecule has 1 saturated heterocycles. The zero-order valence-corrected chi connectivity index (χ0v) is 19.5. The fraction of sp³-hybridized carbons (Fsp3) is 0.250. The van der Waals surface area contributed by atoms with E-state index >= 15 is 0 Å². The van der Waals surface area contributed by atoms with E-state index in [1.54, 1.807) is 12.3 Å². The third kappa shape index (κ3) is 3.89. The van der Waals surface area contributed by atoms with Crippen molar-refractivity contribution >= 4 is 20.7 Å². The number of rotatable bonds is 6. The summed E-state index contributed by atoms with van der Waals surface area (Å²) in [5, 5.41) is 10.5. The van der Waals surface area contributed by atoms with Crippen LogP contribution in [0.15, 0.2) is 71.1 Å². The molecular formula is C24H25N5O4S. The molecule has 0 amide bonds. The van der Waals surface area contributed by atoms with Gasteiger partial charge in [0, 0.05) is 48.8 Å². The summed E-state index contributed by atoms with van der Waals surface area (Å²) in [7, 11) is -1.69. The molecule has 1 atom stereocenters. The molecule has 4 aromatic rings. The number of aromatic hydroxyl groups is 1. The summed E-state index contributed by atoms with van der Waals surface area (Å²) >= 11 is 0. The molecule has 1 unspecified atom stereocenters. The lowest BCUT2D eigenvalue weighted by Crippen LogP contribution is -2.50. The summed E-state index contributed by atoms with van der Waals surface area (Å²) in [6.07, 6.45) is 5.79. The first-order valence-corrected chi connectivity index (χ1v) is 12.4. The number of sulfone groups is 1. The minimum Gasteiger partial charge on any atom is -0.494 e. The van der Waals surface area contributed by atoms with Crippen LogP contribution in [0.4, 0.5) is 0 Å². The summed E-state index contributed by atoms with van der Waals surface area (Å²) < 4.78 is 32.1. The van der Waals surface area contributed by atoms with Crippen LogP contribution in [-0.2, 0) is 9.84 Å². The molecule has 1 fully saturated rings. The number of oxazole rings is 1. The number of H-pyrrole nitrogens is 1. The number of hydrogen-bond acceptors (Lipinski definition) is 8. The number of aromatic amines is 1. The van der Waals surface area contributed by atoms with Crippen LogP contribution in [0, 0.1) is 0 Å². The van der Waals surface area contributed by atoms with Crippen LogP contribution in [0.1, 0.15) is 0 Å². The fourth-order valence-electron chi connectivity index (χ4n) is 4.33. The molecule has 5 rings (SSSR count). The highest BCUT2D eigenvalue weighted by Crippen LogP contribution is 2.38. The molecule has 2 N–H and O–H groups in total. The smallest absolute Gasteiger partial charge is 0.199 e. The number of hydrogen-bond donors (Lipinski definition) is 2. The molecule has 0 spiro atoms. The van der Waals surface area contributed by atoms with Gasteiger partial charge in [-0.25, -0.2) is 13.4 Å². The van der Waals surface area contributed by atoms with Crippen LogP contribution in [0.5, 0.6) is 5.88 Å². The SMILES string of the molecule is C=CC(N1CCN(C)CC1)S(=O)(=O)c1ccc(-c2c(O)[nH]c3ccc(-c4cnco4)cc23)nc1. The molecule has 0 aliphatic carbocycles. The number of fused-ring (bicyclic) bond motifs is 1. The van der Waals surface area contributed by atoms with E-state index in [0.717, 1.165) is 29.6 Å². The van der Waals surface area contributed by atoms with Crippen molar-refractivity contribution in [1.29, 1.82) is 0 Å². The molecule has 10 heteroatoms. The maximum atomic E-state index is 13.4. The number of nitrogens with one attached hydrogen (secondary N) is 1. The van der Waals surface area contributed by atoms with Crippen LogP contribution >= 0.6 is 0 Å². The fourth-order valence-corrected chi connectivity index (χ4v) is 5.93. The second-order valence-corrected chi connectivity index (χ2v) is 10.4. The molecule has 176 valence electrons. The van der Waals surface area contributed by atoms with Gasteiger partial charge in [0.15, 0.2) is 27.9 Å². The van der Waals surface area contributed by atoms with Crippen molar-refractivity contribution in [3.8, 4) is 28.5 Å². The third-order valence-electron chi connectivity index (χ3n) is 6.23. The monoisotopic (exact) mass is 479 g/mol. The highest BCUT2D eigenvalue weighted by atomic mass is 32.2. The van der Waals surface area contributed by atoms with Crippen molar-refractivity contribution in [2.75, 3.05) is 33.2 Å². The van der Waals surface area contributed by atoms with Gasteiger partial charge in [-0.3, -0.25) is 9.88 Å². The summed E-state index contributed by atoms with van der Waals surface area (Å²) in [4.78, 5) is 15.5. The van der Waals surface area contributed by atoms with Crippen LogP contribution in [0.3, 0.4) is 0 Å². The highest BCUT2D eigenvalue weighted by Gasteiger charge is 2.32. The van der Waals surface area contributed by atoms with Gasteiger partial charge in [0.25, 0.3) is 0 Å². The van der Waals surface area contributed by atoms with Crippen molar-refractivity contribution in [1.82, 2.24) is 24.8 Å². The van der Waals surface area contributed by atoms with E-state index in [4.69, 9.17) is 4.42 Å². The number of nitrogens with zero attached hydrogens (tertiary/aromatic N) is 4. The Morgan fingerprint density at radius 1 is 1.18 bits per heavy atom. The Balaban J connectivity index is 1.49. The van der Waals surface area contributed by atoms with Gasteiger partial charge in [-0.2, -0.15) is 0 Å². The first-order valence-electron chi connectivity index (χ1n) is 10.9. The molecule has 9 nitrogen and oxygen atoms in total. The average molecular weight is 480 g/mol. The number of aromatic nitrogens is 3. The normalized spacial score (nSPS) is 16.6. The topological polar surface area (TPSA) is 116 Å². The Bertz CT molecular complexity index is 1420. The lowest BCUT2D eigenvalue weighted by Gasteiger charge is -2.36. The summed E-state index contributed by atoms with van der Waals surface area (Å²) in [6, 6.07) is 8.71. The lowest BCUT2D eigenvalue weighted by atomic mass is 10.1. The van der Waals surface area contributed by atoms with E-state index in [1.165, 1.54) is 24.7 Å². The Morgan fingerprint density at radius 3 is 2.62 bits per heavy atom. The molecule has 0 bridgehead atoms. The Labute approximate surface area is 197 Å². The van der Waals surface area contributed by atoms with Crippen molar-refractivity contribution in [2.45, 2.75) is 10.3 Å². The Hall–Kier alpha value is -3.47. The minimum atomic E-state index is -3.71. The molecule has 1 aliphatic heterocycles. The molecule has 3 aromatic heterocycles.